The molecule has 1 aromatic heterocycles. The number of hydrogen-bond acceptors (Lipinski definition) is 7. The van der Waals surface area contributed by atoms with E-state index in [1.54, 1.807) is 31.2 Å². The lowest BCUT2D eigenvalue weighted by Crippen LogP contribution is -2.22. The van der Waals surface area contributed by atoms with E-state index in [0.29, 0.717) is 39.3 Å². The molecule has 0 bridgehead atoms. The second-order valence-electron chi connectivity index (χ2n) is 6.83. The summed E-state index contributed by atoms with van der Waals surface area (Å²) in [7, 11) is 0. The smallest absolute Gasteiger partial charge is 0.258 e. The Morgan fingerprint density at radius 2 is 1.84 bits per heavy atom. The van der Waals surface area contributed by atoms with Crippen LogP contribution in [0.5, 0.6) is 11.5 Å². The van der Waals surface area contributed by atoms with Crippen molar-refractivity contribution in [2.24, 2.45) is 0 Å². The number of hydrogen-bond donors (Lipinski definition) is 1. The summed E-state index contributed by atoms with van der Waals surface area (Å²) in [6, 6.07) is 13.7. The second-order valence-corrected chi connectivity index (χ2v) is 7.78. The number of ketones is 1. The molecule has 1 aliphatic rings. The summed E-state index contributed by atoms with van der Waals surface area (Å²) < 4.78 is 12.1. The summed E-state index contributed by atoms with van der Waals surface area (Å²) in [5.74, 6) is 0.370. The number of thioether (sulfide) groups is 1. The van der Waals surface area contributed by atoms with Gasteiger partial charge in [-0.05, 0) is 32.0 Å². The molecule has 2 aromatic carbocycles. The van der Waals surface area contributed by atoms with Gasteiger partial charge in [-0.3, -0.25) is 19.0 Å². The Morgan fingerprint density at radius 3 is 2.55 bits per heavy atom. The Morgan fingerprint density at radius 1 is 1.13 bits per heavy atom. The number of Topliss-reactive ketones (excluding diaryl/α,β-unsaturated/α-hetero) is 1. The maximum atomic E-state index is 12.6. The van der Waals surface area contributed by atoms with Crippen LogP contribution in [0.2, 0.25) is 0 Å². The molecule has 3 aromatic rings. The van der Waals surface area contributed by atoms with E-state index < -0.39 is 0 Å². The first-order valence-electron chi connectivity index (χ1n) is 9.46. The fraction of sp³-hybridized carbons (Fsp3) is 0.182. The number of amides is 1. The molecule has 0 spiro atoms. The van der Waals surface area contributed by atoms with Crippen LogP contribution in [-0.2, 0) is 4.79 Å². The predicted octanol–water partition coefficient (Wildman–Crippen LogP) is 3.20. The summed E-state index contributed by atoms with van der Waals surface area (Å²) in [5.41, 5.74) is 1.68. The number of anilines is 1. The molecule has 9 heteroatoms. The van der Waals surface area contributed by atoms with Crippen LogP contribution in [0.4, 0.5) is 5.69 Å². The van der Waals surface area contributed by atoms with E-state index in [1.165, 1.54) is 17.6 Å². The SMILES string of the molecule is CC(=O)c1cc2c(cc1NC(=O)CSc1nc(C)cc(=O)n1-c1ccccc1)OCO2. The minimum absolute atomic E-state index is 0.00544. The summed E-state index contributed by atoms with van der Waals surface area (Å²) in [6.07, 6.45) is 0. The van der Waals surface area contributed by atoms with Crippen LogP contribution in [0.3, 0.4) is 0 Å². The molecular weight excluding hydrogens is 418 g/mol. The van der Waals surface area contributed by atoms with Crippen molar-refractivity contribution >= 4 is 29.1 Å². The van der Waals surface area contributed by atoms with E-state index in [4.69, 9.17) is 9.47 Å². The molecule has 1 amide bonds. The molecule has 4 rings (SSSR count). The fourth-order valence-corrected chi connectivity index (χ4v) is 4.00. The van der Waals surface area contributed by atoms with Gasteiger partial charge in [-0.15, -0.1) is 0 Å². The van der Waals surface area contributed by atoms with Gasteiger partial charge in [0.2, 0.25) is 12.7 Å². The lowest BCUT2D eigenvalue weighted by atomic mass is 10.1. The number of carbonyl (C=O) groups is 2. The van der Waals surface area contributed by atoms with E-state index in [-0.39, 0.29) is 29.8 Å². The molecule has 0 unspecified atom stereocenters. The largest absolute Gasteiger partial charge is 0.454 e. The van der Waals surface area contributed by atoms with E-state index >= 15 is 0 Å². The van der Waals surface area contributed by atoms with Crippen molar-refractivity contribution in [3.05, 3.63) is 70.1 Å². The highest BCUT2D eigenvalue weighted by molar-refractivity contribution is 7.99. The van der Waals surface area contributed by atoms with Gasteiger partial charge in [-0.2, -0.15) is 0 Å². The number of para-hydroxylation sites is 1. The second kappa shape index (κ2) is 8.65. The number of nitrogens with zero attached hydrogens (tertiary/aromatic N) is 2. The van der Waals surface area contributed by atoms with Crippen molar-refractivity contribution in [1.29, 1.82) is 0 Å². The molecule has 0 aliphatic carbocycles. The average Bonchev–Trinajstić information content (AvgIpc) is 3.19. The number of aryl methyl sites for hydroxylation is 1. The van der Waals surface area contributed by atoms with Crippen LogP contribution in [0.25, 0.3) is 5.69 Å². The molecule has 8 nitrogen and oxygen atoms in total. The summed E-state index contributed by atoms with van der Waals surface area (Å²) in [5, 5.41) is 3.16. The molecule has 1 N–H and O–H groups in total. The summed E-state index contributed by atoms with van der Waals surface area (Å²) >= 11 is 1.14. The maximum Gasteiger partial charge on any atom is 0.258 e. The van der Waals surface area contributed by atoms with E-state index in [2.05, 4.69) is 10.3 Å². The average molecular weight is 437 g/mol. The number of benzene rings is 2. The van der Waals surface area contributed by atoms with Crippen molar-refractivity contribution in [2.75, 3.05) is 17.9 Å². The van der Waals surface area contributed by atoms with Crippen LogP contribution < -0.4 is 20.3 Å². The first-order valence-corrected chi connectivity index (χ1v) is 10.4. The van der Waals surface area contributed by atoms with Crippen LogP contribution in [0.1, 0.15) is 23.0 Å². The van der Waals surface area contributed by atoms with Crippen LogP contribution in [0, 0.1) is 6.92 Å². The fourth-order valence-electron chi connectivity index (χ4n) is 3.14. The lowest BCUT2D eigenvalue weighted by Gasteiger charge is -2.13. The molecule has 2 heterocycles. The molecule has 0 fully saturated rings. The Kier molecular flexibility index (Phi) is 5.77. The van der Waals surface area contributed by atoms with Crippen molar-refractivity contribution in [3.63, 3.8) is 0 Å². The minimum atomic E-state index is -0.346. The Hall–Kier alpha value is -3.59. The van der Waals surface area contributed by atoms with E-state index in [9.17, 15) is 14.4 Å². The number of carbonyl (C=O) groups excluding carboxylic acids is 2. The zero-order valence-corrected chi connectivity index (χ0v) is 17.7. The van der Waals surface area contributed by atoms with Crippen LogP contribution in [0.15, 0.2) is 58.5 Å². The predicted molar refractivity (Wildman–Crippen MR) is 116 cm³/mol. The van der Waals surface area contributed by atoms with Crippen molar-refractivity contribution < 1.29 is 19.1 Å². The first-order chi connectivity index (χ1) is 14.9. The number of aromatic nitrogens is 2. The Labute approximate surface area is 182 Å². The highest BCUT2D eigenvalue weighted by Crippen LogP contribution is 2.37. The van der Waals surface area contributed by atoms with Gasteiger partial charge in [-0.1, -0.05) is 30.0 Å². The molecule has 158 valence electrons. The number of nitrogens with one attached hydrogen (secondary N) is 1. The zero-order chi connectivity index (χ0) is 22.0. The number of ether oxygens (including phenoxy) is 2. The van der Waals surface area contributed by atoms with Crippen molar-refractivity contribution in [3.8, 4) is 17.2 Å². The van der Waals surface area contributed by atoms with Gasteiger partial charge < -0.3 is 14.8 Å². The lowest BCUT2D eigenvalue weighted by molar-refractivity contribution is -0.113. The van der Waals surface area contributed by atoms with Gasteiger partial charge in [0.1, 0.15) is 0 Å². The normalized spacial score (nSPS) is 11.9. The highest BCUT2D eigenvalue weighted by atomic mass is 32.2. The van der Waals surface area contributed by atoms with E-state index in [0.717, 1.165) is 11.8 Å². The number of fused-ring (bicyclic) bond motifs is 1. The molecular formula is C22H19N3O5S. The zero-order valence-electron chi connectivity index (χ0n) is 16.9. The van der Waals surface area contributed by atoms with Gasteiger partial charge >= 0.3 is 0 Å². The van der Waals surface area contributed by atoms with Gasteiger partial charge in [0, 0.05) is 23.4 Å². The molecule has 0 radical (unpaired) electrons. The topological polar surface area (TPSA) is 99.5 Å². The van der Waals surface area contributed by atoms with Crippen molar-refractivity contribution in [1.82, 2.24) is 9.55 Å². The quantitative estimate of drug-likeness (QED) is 0.359. The third kappa shape index (κ3) is 4.46. The monoisotopic (exact) mass is 437 g/mol. The van der Waals surface area contributed by atoms with Gasteiger partial charge in [-0.25, -0.2) is 4.98 Å². The molecule has 0 saturated carbocycles. The standard InChI is InChI=1S/C22H19N3O5S/c1-13-8-21(28)25(15-6-4-3-5-7-15)22(23-13)31-11-20(27)24-17-10-19-18(29-12-30-19)9-16(17)14(2)26/h3-10H,11-12H2,1-2H3,(H,24,27). The Bertz CT molecular complexity index is 1220. The summed E-state index contributed by atoms with van der Waals surface area (Å²) in [6.45, 7) is 3.21. The third-order valence-corrected chi connectivity index (χ3v) is 5.47. The molecule has 0 saturated heterocycles. The third-order valence-electron chi connectivity index (χ3n) is 4.53. The van der Waals surface area contributed by atoms with Crippen LogP contribution in [-0.4, -0.2) is 33.8 Å². The van der Waals surface area contributed by atoms with Gasteiger partial charge in [0.05, 0.1) is 17.1 Å². The first kappa shape index (κ1) is 20.7. The maximum absolute atomic E-state index is 12.6. The van der Waals surface area contributed by atoms with Gasteiger partial charge in [0.25, 0.3) is 5.56 Å². The summed E-state index contributed by atoms with van der Waals surface area (Å²) in [4.78, 5) is 41.7. The van der Waals surface area contributed by atoms with Crippen molar-refractivity contribution in [2.45, 2.75) is 19.0 Å². The molecule has 31 heavy (non-hydrogen) atoms. The van der Waals surface area contributed by atoms with Crippen LogP contribution >= 0.6 is 11.8 Å². The highest BCUT2D eigenvalue weighted by Gasteiger charge is 2.21. The number of rotatable bonds is 6. The minimum Gasteiger partial charge on any atom is -0.454 e. The van der Waals surface area contributed by atoms with Gasteiger partial charge in [0.15, 0.2) is 22.4 Å². The Balaban J connectivity index is 1.56. The molecule has 1 aliphatic heterocycles. The van der Waals surface area contributed by atoms with E-state index in [1.807, 2.05) is 18.2 Å². The molecule has 0 atom stereocenters.